The van der Waals surface area contributed by atoms with Crippen LogP contribution in [0.25, 0.3) is 0 Å². The lowest BCUT2D eigenvalue weighted by Crippen LogP contribution is -2.24. The monoisotopic (exact) mass is 334 g/mol. The van der Waals surface area contributed by atoms with Crippen molar-refractivity contribution in [3.05, 3.63) is 67.3 Å². The van der Waals surface area contributed by atoms with Crippen molar-refractivity contribution in [1.29, 1.82) is 0 Å². The van der Waals surface area contributed by atoms with Gasteiger partial charge in [0.15, 0.2) is 0 Å². The molecule has 0 amide bonds. The Morgan fingerprint density at radius 2 is 1.84 bits per heavy atom. The molecule has 4 heteroatoms. The molecule has 0 radical (unpaired) electrons. The fraction of sp³-hybridized carbons (Fsp3) is 0.286. The number of rotatable bonds is 6. The number of hydrogen-bond donors (Lipinski definition) is 0. The number of anilines is 4. The van der Waals surface area contributed by atoms with Crippen molar-refractivity contribution in [2.75, 3.05) is 28.3 Å². The Hall–Kier alpha value is -2.75. The van der Waals surface area contributed by atoms with Crippen LogP contribution >= 0.6 is 0 Å². The second-order valence-electron chi connectivity index (χ2n) is 6.25. The molecule has 1 aromatic carbocycles. The van der Waals surface area contributed by atoms with E-state index in [0.29, 0.717) is 0 Å². The van der Waals surface area contributed by atoms with Gasteiger partial charge in [0, 0.05) is 19.3 Å². The molecule has 0 atom stereocenters. The van der Waals surface area contributed by atoms with E-state index in [1.54, 1.807) is 0 Å². The topological polar surface area (TPSA) is 22.6 Å². The first-order chi connectivity index (χ1) is 12.1. The molecule has 4 nitrogen and oxygen atoms in total. The molecule has 0 saturated carbocycles. The summed E-state index contributed by atoms with van der Waals surface area (Å²) in [6.07, 6.45) is 3.90. The molecule has 0 unspecified atom stereocenters. The molecule has 25 heavy (non-hydrogen) atoms. The molecule has 1 aliphatic rings. The smallest absolute Gasteiger partial charge is 0.132 e. The van der Waals surface area contributed by atoms with E-state index in [1.807, 2.05) is 25.4 Å². The number of fused-ring (bicyclic) bond motifs is 1. The molecule has 3 rings (SSSR count). The van der Waals surface area contributed by atoms with Crippen molar-refractivity contribution >= 4 is 22.9 Å². The van der Waals surface area contributed by atoms with Gasteiger partial charge in [0.25, 0.3) is 0 Å². The van der Waals surface area contributed by atoms with Gasteiger partial charge in [0.2, 0.25) is 0 Å². The van der Waals surface area contributed by atoms with Gasteiger partial charge in [0.1, 0.15) is 11.6 Å². The lowest BCUT2D eigenvalue weighted by Gasteiger charge is -2.26. The van der Waals surface area contributed by atoms with E-state index in [0.717, 1.165) is 53.8 Å². The molecule has 0 aliphatic carbocycles. The van der Waals surface area contributed by atoms with Crippen LogP contribution in [0.1, 0.15) is 26.7 Å². The molecule has 0 saturated heterocycles. The number of para-hydroxylation sites is 2. The number of hydrogen-bond acceptors (Lipinski definition) is 4. The Morgan fingerprint density at radius 3 is 2.44 bits per heavy atom. The molecule has 0 N–H and O–H groups in total. The highest BCUT2D eigenvalue weighted by atomic mass is 15.4. The van der Waals surface area contributed by atoms with Crippen LogP contribution < -0.4 is 14.7 Å². The summed E-state index contributed by atoms with van der Waals surface area (Å²) in [6.45, 7) is 13.6. The quantitative estimate of drug-likeness (QED) is 0.716. The van der Waals surface area contributed by atoms with Crippen LogP contribution in [-0.2, 0) is 0 Å². The molecule has 1 aromatic heterocycles. The molecule has 0 fully saturated rings. The molecular formula is C21H26N4. The van der Waals surface area contributed by atoms with Crippen LogP contribution in [0, 0.1) is 0 Å². The van der Waals surface area contributed by atoms with Crippen LogP contribution in [0.2, 0.25) is 0 Å². The maximum Gasteiger partial charge on any atom is 0.132 e. The van der Waals surface area contributed by atoms with Gasteiger partial charge < -0.3 is 9.80 Å². The molecule has 0 bridgehead atoms. The highest BCUT2D eigenvalue weighted by Gasteiger charge is 2.28. The second-order valence-corrected chi connectivity index (χ2v) is 6.25. The zero-order chi connectivity index (χ0) is 18.0. The van der Waals surface area contributed by atoms with Crippen molar-refractivity contribution in [3.63, 3.8) is 0 Å². The van der Waals surface area contributed by atoms with Crippen LogP contribution in [0.3, 0.4) is 0 Å². The van der Waals surface area contributed by atoms with E-state index >= 15 is 0 Å². The summed E-state index contributed by atoms with van der Waals surface area (Å²) < 4.78 is 0. The van der Waals surface area contributed by atoms with Crippen LogP contribution in [-0.4, -0.2) is 18.6 Å². The number of nitrogens with zero attached hydrogens (tertiary/aromatic N) is 4. The van der Waals surface area contributed by atoms with Gasteiger partial charge in [-0.15, -0.1) is 0 Å². The summed E-state index contributed by atoms with van der Waals surface area (Å²) in [6, 6.07) is 12.5. The van der Waals surface area contributed by atoms with Crippen LogP contribution in [0.5, 0.6) is 0 Å². The number of benzene rings is 1. The summed E-state index contributed by atoms with van der Waals surface area (Å²) in [5.74, 6) is 1.88. The van der Waals surface area contributed by atoms with Crippen molar-refractivity contribution in [3.8, 4) is 0 Å². The Morgan fingerprint density at radius 1 is 1.12 bits per heavy atom. The lowest BCUT2D eigenvalue weighted by molar-refractivity contribution is 0.809. The molecule has 130 valence electrons. The molecule has 0 spiro atoms. The van der Waals surface area contributed by atoms with Crippen molar-refractivity contribution in [1.82, 2.24) is 4.98 Å². The zero-order valence-electron chi connectivity index (χ0n) is 15.4. The van der Waals surface area contributed by atoms with Gasteiger partial charge in [-0.25, -0.2) is 4.98 Å². The summed E-state index contributed by atoms with van der Waals surface area (Å²) in [5.41, 5.74) is 4.40. The largest absolute Gasteiger partial charge is 0.331 e. The van der Waals surface area contributed by atoms with E-state index in [-0.39, 0.29) is 0 Å². The van der Waals surface area contributed by atoms with Gasteiger partial charge in [-0.1, -0.05) is 39.1 Å². The van der Waals surface area contributed by atoms with Gasteiger partial charge >= 0.3 is 0 Å². The molecular weight excluding hydrogens is 308 g/mol. The minimum atomic E-state index is 0.921. The zero-order valence-corrected chi connectivity index (χ0v) is 15.4. The van der Waals surface area contributed by atoms with Gasteiger partial charge in [-0.2, -0.15) is 0 Å². The third-order valence-electron chi connectivity index (χ3n) is 4.63. The molecule has 1 aliphatic heterocycles. The van der Waals surface area contributed by atoms with E-state index in [4.69, 9.17) is 4.98 Å². The molecule has 2 heterocycles. The van der Waals surface area contributed by atoms with E-state index in [1.165, 1.54) is 0 Å². The average molecular weight is 334 g/mol. The van der Waals surface area contributed by atoms with Crippen molar-refractivity contribution < 1.29 is 0 Å². The van der Waals surface area contributed by atoms with Gasteiger partial charge in [-0.3, -0.25) is 4.90 Å². The SMILES string of the molecule is C=C(CC)N(CCC)c1ccc(N2C(=C)N(C)c3ccccc32)cn1. The Labute approximate surface area is 150 Å². The van der Waals surface area contributed by atoms with Crippen LogP contribution in [0.4, 0.5) is 22.9 Å². The number of pyridine rings is 1. The number of aromatic nitrogens is 1. The minimum absolute atomic E-state index is 0.921. The van der Waals surface area contributed by atoms with Crippen molar-refractivity contribution in [2.45, 2.75) is 26.7 Å². The Kier molecular flexibility index (Phi) is 4.79. The molecule has 2 aromatic rings. The van der Waals surface area contributed by atoms with Gasteiger partial charge in [0.05, 0.1) is 23.3 Å². The normalized spacial score (nSPS) is 13.2. The maximum absolute atomic E-state index is 4.71. The fourth-order valence-electron chi connectivity index (χ4n) is 3.17. The van der Waals surface area contributed by atoms with Crippen LogP contribution in [0.15, 0.2) is 67.3 Å². The van der Waals surface area contributed by atoms with Crippen molar-refractivity contribution in [2.24, 2.45) is 0 Å². The highest BCUT2D eigenvalue weighted by molar-refractivity contribution is 5.87. The lowest BCUT2D eigenvalue weighted by atomic mass is 10.2. The Balaban J connectivity index is 1.93. The summed E-state index contributed by atoms with van der Waals surface area (Å²) in [7, 11) is 2.04. The van der Waals surface area contributed by atoms with E-state index < -0.39 is 0 Å². The van der Waals surface area contributed by atoms with E-state index in [2.05, 4.69) is 66.0 Å². The first-order valence-corrected chi connectivity index (χ1v) is 8.81. The standard InChI is InChI=1S/C21H26N4/c1-6-14-24(16(3)7-2)21-13-12-18(15-22-21)25-17(4)23(5)19-10-8-9-11-20(19)25/h8-13,15H,3-4,6-7,14H2,1-2,5H3. The average Bonchev–Trinajstić information content (AvgIpc) is 2.90. The maximum atomic E-state index is 4.71. The first-order valence-electron chi connectivity index (χ1n) is 8.81. The van der Waals surface area contributed by atoms with Gasteiger partial charge in [-0.05, 0) is 37.1 Å². The first kappa shape index (κ1) is 17.1. The summed E-state index contributed by atoms with van der Waals surface area (Å²) in [4.78, 5) is 11.2. The summed E-state index contributed by atoms with van der Waals surface area (Å²) in [5, 5.41) is 0. The van der Waals surface area contributed by atoms with E-state index in [9.17, 15) is 0 Å². The fourth-order valence-corrected chi connectivity index (χ4v) is 3.17. The highest BCUT2D eigenvalue weighted by Crippen LogP contribution is 2.44. The minimum Gasteiger partial charge on any atom is -0.331 e. The third kappa shape index (κ3) is 3.00. The second kappa shape index (κ2) is 7.01. The third-order valence-corrected chi connectivity index (χ3v) is 4.63. The predicted molar refractivity (Wildman–Crippen MR) is 107 cm³/mol. The number of allylic oxidation sites excluding steroid dienone is 1. The summed E-state index contributed by atoms with van der Waals surface area (Å²) >= 11 is 0. The Bertz CT molecular complexity index is 779. The predicted octanol–water partition coefficient (Wildman–Crippen LogP) is 5.28.